The molecule has 1 spiro atoms. The quantitative estimate of drug-likeness (QED) is 0.910. The number of rotatable bonds is 4. The van der Waals surface area contributed by atoms with E-state index in [2.05, 4.69) is 15.2 Å². The second kappa shape index (κ2) is 6.18. The summed E-state index contributed by atoms with van der Waals surface area (Å²) in [4.78, 5) is 19.2. The van der Waals surface area contributed by atoms with E-state index in [0.29, 0.717) is 17.7 Å². The van der Waals surface area contributed by atoms with Gasteiger partial charge in [0.05, 0.1) is 24.3 Å². The normalized spacial score (nSPS) is 24.2. The Morgan fingerprint density at radius 2 is 2.25 bits per heavy atom. The van der Waals surface area contributed by atoms with E-state index < -0.39 is 0 Å². The van der Waals surface area contributed by atoms with Crippen molar-refractivity contribution in [1.82, 2.24) is 19.8 Å². The molecule has 1 unspecified atom stereocenters. The van der Waals surface area contributed by atoms with Crippen molar-refractivity contribution in [1.29, 1.82) is 0 Å². The Labute approximate surface area is 141 Å². The fourth-order valence-corrected chi connectivity index (χ4v) is 4.09. The van der Waals surface area contributed by atoms with E-state index in [1.807, 2.05) is 10.6 Å². The van der Waals surface area contributed by atoms with Crippen molar-refractivity contribution in [2.24, 2.45) is 5.41 Å². The summed E-state index contributed by atoms with van der Waals surface area (Å²) in [7, 11) is 1.62. The number of nitrogens with zero attached hydrogens (tertiary/aromatic N) is 3. The summed E-state index contributed by atoms with van der Waals surface area (Å²) >= 11 is 0. The highest BCUT2D eigenvalue weighted by Gasteiger charge is 2.39. The molecule has 2 saturated heterocycles. The monoisotopic (exact) mass is 328 g/mol. The minimum atomic E-state index is 0.0222. The maximum atomic E-state index is 12.4. The third-order valence-corrected chi connectivity index (χ3v) is 5.54. The molecule has 2 aliphatic rings. The predicted molar refractivity (Wildman–Crippen MR) is 93.5 cm³/mol. The van der Waals surface area contributed by atoms with Crippen molar-refractivity contribution < 1.29 is 4.74 Å². The Bertz CT molecular complexity index is 795. The third kappa shape index (κ3) is 2.80. The highest BCUT2D eigenvalue weighted by atomic mass is 16.5. The summed E-state index contributed by atoms with van der Waals surface area (Å²) < 4.78 is 7.09. The highest BCUT2D eigenvalue weighted by Crippen LogP contribution is 2.35. The summed E-state index contributed by atoms with van der Waals surface area (Å²) in [6.07, 6.45) is 4.23. The van der Waals surface area contributed by atoms with Crippen molar-refractivity contribution in [3.05, 3.63) is 34.7 Å². The van der Waals surface area contributed by atoms with Gasteiger partial charge in [-0.25, -0.2) is 0 Å². The van der Waals surface area contributed by atoms with Crippen molar-refractivity contribution >= 4 is 11.0 Å². The van der Waals surface area contributed by atoms with E-state index in [1.54, 1.807) is 25.4 Å². The fraction of sp³-hybridized carbons (Fsp3) is 0.556. The van der Waals surface area contributed by atoms with Gasteiger partial charge >= 0.3 is 0 Å². The molecule has 0 aromatic carbocycles. The molecule has 1 N–H and O–H groups in total. The first-order chi connectivity index (χ1) is 11.7. The Balaban J connectivity index is 1.54. The van der Waals surface area contributed by atoms with Crippen LogP contribution in [0.25, 0.3) is 11.0 Å². The number of pyridine rings is 2. The highest BCUT2D eigenvalue weighted by molar-refractivity contribution is 5.75. The molecule has 0 aliphatic carbocycles. The topological polar surface area (TPSA) is 59.4 Å². The van der Waals surface area contributed by atoms with E-state index in [1.165, 1.54) is 12.8 Å². The maximum absolute atomic E-state index is 12.4. The number of likely N-dealkylation sites (tertiary alicyclic amines) is 1. The molecular weight excluding hydrogens is 304 g/mol. The molecule has 6 nitrogen and oxygen atoms in total. The molecule has 4 rings (SSSR count). The lowest BCUT2D eigenvalue weighted by Gasteiger charge is -2.23. The summed E-state index contributed by atoms with van der Waals surface area (Å²) in [6.45, 7) is 6.14. The SMILES string of the molecule is COc1cnc2ccc(=O)n(CCN3CCC4(CCNC4)C3)c2c1. The average molecular weight is 328 g/mol. The van der Waals surface area contributed by atoms with Crippen LogP contribution in [0, 0.1) is 5.41 Å². The summed E-state index contributed by atoms with van der Waals surface area (Å²) in [6, 6.07) is 5.28. The largest absolute Gasteiger partial charge is 0.495 e. The number of nitrogens with one attached hydrogen (secondary N) is 1. The molecule has 6 heteroatoms. The van der Waals surface area contributed by atoms with Gasteiger partial charge < -0.3 is 19.5 Å². The van der Waals surface area contributed by atoms with Gasteiger partial charge in [0.15, 0.2) is 0 Å². The maximum Gasteiger partial charge on any atom is 0.251 e. The Morgan fingerprint density at radius 3 is 3.04 bits per heavy atom. The Kier molecular flexibility index (Phi) is 4.02. The van der Waals surface area contributed by atoms with Crippen molar-refractivity contribution in [2.75, 3.05) is 39.8 Å². The number of hydrogen-bond acceptors (Lipinski definition) is 5. The lowest BCUT2D eigenvalue weighted by atomic mass is 9.87. The molecule has 24 heavy (non-hydrogen) atoms. The van der Waals surface area contributed by atoms with Crippen LogP contribution in [0.1, 0.15) is 12.8 Å². The van der Waals surface area contributed by atoms with Gasteiger partial charge in [0.25, 0.3) is 5.56 Å². The zero-order valence-corrected chi connectivity index (χ0v) is 14.1. The van der Waals surface area contributed by atoms with Gasteiger partial charge in [-0.3, -0.25) is 9.78 Å². The summed E-state index contributed by atoms with van der Waals surface area (Å²) in [5.41, 5.74) is 2.16. The van der Waals surface area contributed by atoms with Crippen LogP contribution < -0.4 is 15.6 Å². The van der Waals surface area contributed by atoms with Crippen LogP contribution in [0.5, 0.6) is 5.75 Å². The lowest BCUT2D eigenvalue weighted by molar-refractivity contribution is 0.266. The summed E-state index contributed by atoms with van der Waals surface area (Å²) in [5, 5.41) is 3.49. The molecule has 0 saturated carbocycles. The van der Waals surface area contributed by atoms with E-state index in [9.17, 15) is 4.79 Å². The van der Waals surface area contributed by atoms with Crippen LogP contribution in [-0.4, -0.2) is 54.3 Å². The van der Waals surface area contributed by atoms with E-state index >= 15 is 0 Å². The van der Waals surface area contributed by atoms with Crippen molar-refractivity contribution in [3.63, 3.8) is 0 Å². The van der Waals surface area contributed by atoms with Gasteiger partial charge in [-0.15, -0.1) is 0 Å². The van der Waals surface area contributed by atoms with Gasteiger partial charge in [0.1, 0.15) is 5.75 Å². The lowest BCUT2D eigenvalue weighted by Crippen LogP contribution is -2.33. The predicted octanol–water partition coefficient (Wildman–Crippen LogP) is 1.09. The Hall–Kier alpha value is -1.92. The van der Waals surface area contributed by atoms with Crippen LogP contribution in [-0.2, 0) is 6.54 Å². The van der Waals surface area contributed by atoms with Gasteiger partial charge in [-0.05, 0) is 37.4 Å². The third-order valence-electron chi connectivity index (χ3n) is 5.54. The van der Waals surface area contributed by atoms with Gasteiger partial charge in [-0.2, -0.15) is 0 Å². The minimum absolute atomic E-state index is 0.0222. The number of hydrogen-bond donors (Lipinski definition) is 1. The van der Waals surface area contributed by atoms with Crippen LogP contribution in [0.15, 0.2) is 29.2 Å². The molecule has 2 aromatic rings. The van der Waals surface area contributed by atoms with E-state index in [-0.39, 0.29) is 5.56 Å². The van der Waals surface area contributed by atoms with Crippen LogP contribution in [0.4, 0.5) is 0 Å². The zero-order chi connectivity index (χ0) is 16.6. The molecule has 2 aromatic heterocycles. The minimum Gasteiger partial charge on any atom is -0.495 e. The standard InChI is InChI=1S/C18H24N4O2/c1-24-14-10-16-15(20-11-14)2-3-17(23)22(16)9-8-21-7-5-18(13-21)4-6-19-12-18/h2-3,10-11,19H,4-9,12-13H2,1H3. The van der Waals surface area contributed by atoms with Crippen LogP contribution in [0.3, 0.4) is 0 Å². The first kappa shape index (κ1) is 15.6. The van der Waals surface area contributed by atoms with E-state index in [4.69, 9.17) is 4.74 Å². The van der Waals surface area contributed by atoms with Crippen molar-refractivity contribution in [2.45, 2.75) is 19.4 Å². The first-order valence-corrected chi connectivity index (χ1v) is 8.66. The average Bonchev–Trinajstić information content (AvgIpc) is 3.23. The first-order valence-electron chi connectivity index (χ1n) is 8.66. The molecule has 0 radical (unpaired) electrons. The number of ether oxygens (including phenoxy) is 1. The smallest absolute Gasteiger partial charge is 0.251 e. The molecule has 0 bridgehead atoms. The molecular formula is C18H24N4O2. The van der Waals surface area contributed by atoms with Crippen molar-refractivity contribution in [3.8, 4) is 5.75 Å². The fourth-order valence-electron chi connectivity index (χ4n) is 4.09. The van der Waals surface area contributed by atoms with E-state index in [0.717, 1.165) is 43.8 Å². The number of methoxy groups -OCH3 is 1. The molecule has 2 fully saturated rings. The molecule has 1 atom stereocenters. The second-order valence-corrected chi connectivity index (χ2v) is 7.06. The molecule has 4 heterocycles. The number of fused-ring (bicyclic) bond motifs is 1. The van der Waals surface area contributed by atoms with Gasteiger partial charge in [0.2, 0.25) is 0 Å². The van der Waals surface area contributed by atoms with Gasteiger partial charge in [-0.1, -0.05) is 0 Å². The zero-order valence-electron chi connectivity index (χ0n) is 14.1. The molecule has 128 valence electrons. The second-order valence-electron chi connectivity index (χ2n) is 7.06. The molecule has 0 amide bonds. The summed E-state index contributed by atoms with van der Waals surface area (Å²) in [5.74, 6) is 0.680. The molecule has 2 aliphatic heterocycles. The van der Waals surface area contributed by atoms with Crippen LogP contribution in [0.2, 0.25) is 0 Å². The van der Waals surface area contributed by atoms with Crippen LogP contribution >= 0.6 is 0 Å². The number of aromatic nitrogens is 2. The van der Waals surface area contributed by atoms with Gasteiger partial charge in [0, 0.05) is 38.3 Å². The Morgan fingerprint density at radius 1 is 1.33 bits per heavy atom.